The third-order valence-corrected chi connectivity index (χ3v) is 4.90. The van der Waals surface area contributed by atoms with Crippen molar-refractivity contribution >= 4 is 23.2 Å². The van der Waals surface area contributed by atoms with Crippen molar-refractivity contribution in [2.45, 2.75) is 26.3 Å². The van der Waals surface area contributed by atoms with Crippen LogP contribution in [0.15, 0.2) is 16.8 Å². The highest BCUT2D eigenvalue weighted by molar-refractivity contribution is 7.08. The maximum atomic E-state index is 12.0. The summed E-state index contributed by atoms with van der Waals surface area (Å²) in [5, 5.41) is 9.43. The number of nitrogens with zero attached hydrogens (tertiary/aromatic N) is 1. The van der Waals surface area contributed by atoms with Crippen LogP contribution in [0.4, 0.5) is 0 Å². The first-order chi connectivity index (χ1) is 11.6. The lowest BCUT2D eigenvalue weighted by Gasteiger charge is -2.36. The minimum atomic E-state index is -0.127. The van der Waals surface area contributed by atoms with Gasteiger partial charge in [0.1, 0.15) is 0 Å². The first kappa shape index (κ1) is 18.9. The molecule has 1 aliphatic rings. The summed E-state index contributed by atoms with van der Waals surface area (Å²) in [6, 6.07) is 2.09. The van der Waals surface area contributed by atoms with Gasteiger partial charge in [-0.25, -0.2) is 0 Å². The maximum Gasteiger partial charge on any atom is 0.252 e. The Hall–Kier alpha value is -1.44. The molecule has 1 aromatic rings. The van der Waals surface area contributed by atoms with Gasteiger partial charge >= 0.3 is 0 Å². The molecule has 134 valence electrons. The number of hydrogen-bond donors (Lipinski definition) is 2. The molecule has 0 bridgehead atoms. The Morgan fingerprint density at radius 1 is 1.29 bits per heavy atom. The molecular formula is C17H27N3O3S. The van der Waals surface area contributed by atoms with Crippen molar-refractivity contribution in [3.05, 3.63) is 22.4 Å². The lowest BCUT2D eigenvalue weighted by molar-refractivity contribution is -0.121. The molecule has 1 atom stereocenters. The summed E-state index contributed by atoms with van der Waals surface area (Å²) in [5.74, 6) is 0.304. The summed E-state index contributed by atoms with van der Waals surface area (Å²) in [4.78, 5) is 26.2. The Bertz CT molecular complexity index is 513. The van der Waals surface area contributed by atoms with Crippen LogP contribution >= 0.6 is 11.3 Å². The number of thiophene rings is 1. The minimum Gasteiger partial charge on any atom is -0.379 e. The summed E-state index contributed by atoms with van der Waals surface area (Å²) in [6.07, 6.45) is 0.295. The van der Waals surface area contributed by atoms with Gasteiger partial charge in [-0.3, -0.25) is 14.5 Å². The van der Waals surface area contributed by atoms with E-state index in [1.807, 2.05) is 5.38 Å². The molecule has 0 saturated carbocycles. The average molecular weight is 353 g/mol. The minimum absolute atomic E-state index is 0.0282. The SMILES string of the molecule is CC(C)C(CNC(=O)CCNC(=O)c1ccsc1)N1CCOCC1. The van der Waals surface area contributed by atoms with Crippen molar-refractivity contribution in [2.75, 3.05) is 39.4 Å². The number of carbonyl (C=O) groups is 2. The normalized spacial score (nSPS) is 16.8. The molecule has 2 N–H and O–H groups in total. The molecule has 1 fully saturated rings. The Morgan fingerprint density at radius 3 is 2.67 bits per heavy atom. The second-order valence-corrected chi connectivity index (χ2v) is 7.06. The highest BCUT2D eigenvalue weighted by atomic mass is 32.1. The quantitative estimate of drug-likeness (QED) is 0.740. The molecule has 2 heterocycles. The van der Waals surface area contributed by atoms with Crippen LogP contribution in [-0.4, -0.2) is 62.1 Å². The van der Waals surface area contributed by atoms with Gasteiger partial charge in [0, 0.05) is 49.6 Å². The predicted octanol–water partition coefficient (Wildman–Crippen LogP) is 1.34. The highest BCUT2D eigenvalue weighted by Crippen LogP contribution is 2.12. The first-order valence-corrected chi connectivity index (χ1v) is 9.41. The van der Waals surface area contributed by atoms with Gasteiger partial charge in [0.05, 0.1) is 13.2 Å². The highest BCUT2D eigenvalue weighted by Gasteiger charge is 2.24. The van der Waals surface area contributed by atoms with Gasteiger partial charge in [-0.1, -0.05) is 13.8 Å². The molecule has 24 heavy (non-hydrogen) atoms. The second-order valence-electron chi connectivity index (χ2n) is 6.28. The predicted molar refractivity (Wildman–Crippen MR) is 95.3 cm³/mol. The van der Waals surface area contributed by atoms with Crippen LogP contribution < -0.4 is 10.6 Å². The van der Waals surface area contributed by atoms with E-state index < -0.39 is 0 Å². The fourth-order valence-electron chi connectivity index (χ4n) is 2.79. The number of nitrogens with one attached hydrogen (secondary N) is 2. The molecule has 0 spiro atoms. The zero-order valence-corrected chi connectivity index (χ0v) is 15.2. The summed E-state index contributed by atoms with van der Waals surface area (Å²) < 4.78 is 5.39. The van der Waals surface area contributed by atoms with Crippen LogP contribution in [0.1, 0.15) is 30.6 Å². The van der Waals surface area contributed by atoms with E-state index in [9.17, 15) is 9.59 Å². The topological polar surface area (TPSA) is 70.7 Å². The van der Waals surface area contributed by atoms with Crippen molar-refractivity contribution in [3.63, 3.8) is 0 Å². The molecule has 1 saturated heterocycles. The summed E-state index contributed by atoms with van der Waals surface area (Å²) in [6.45, 7) is 8.67. The van der Waals surface area contributed by atoms with E-state index in [1.54, 1.807) is 11.4 Å². The average Bonchev–Trinajstić information content (AvgIpc) is 3.10. The molecule has 0 aromatic carbocycles. The van der Waals surface area contributed by atoms with Crippen molar-refractivity contribution in [2.24, 2.45) is 5.92 Å². The number of hydrogen-bond acceptors (Lipinski definition) is 5. The van der Waals surface area contributed by atoms with Crippen LogP contribution in [0.25, 0.3) is 0 Å². The molecule has 6 nitrogen and oxygen atoms in total. The number of rotatable bonds is 8. The Kier molecular flexibility index (Phi) is 7.68. The van der Waals surface area contributed by atoms with Gasteiger partial charge in [-0.15, -0.1) is 0 Å². The van der Waals surface area contributed by atoms with Crippen molar-refractivity contribution in [1.29, 1.82) is 0 Å². The van der Waals surface area contributed by atoms with Gasteiger partial charge in [0.15, 0.2) is 0 Å². The number of ether oxygens (including phenoxy) is 1. The van der Waals surface area contributed by atoms with Crippen LogP contribution in [-0.2, 0) is 9.53 Å². The maximum absolute atomic E-state index is 12.0. The van der Waals surface area contributed by atoms with Gasteiger partial charge in [-0.2, -0.15) is 11.3 Å². The van der Waals surface area contributed by atoms with Gasteiger partial charge < -0.3 is 15.4 Å². The van der Waals surface area contributed by atoms with E-state index in [2.05, 4.69) is 29.4 Å². The fraction of sp³-hybridized carbons (Fsp3) is 0.647. The molecule has 2 amide bonds. The molecule has 0 radical (unpaired) electrons. The van der Waals surface area contributed by atoms with Crippen LogP contribution in [0.5, 0.6) is 0 Å². The summed E-state index contributed by atoms with van der Waals surface area (Å²) >= 11 is 1.48. The first-order valence-electron chi connectivity index (χ1n) is 8.47. The number of carbonyl (C=O) groups excluding carboxylic acids is 2. The van der Waals surface area contributed by atoms with E-state index in [1.165, 1.54) is 11.3 Å². The third-order valence-electron chi connectivity index (χ3n) is 4.21. The molecule has 0 aliphatic carbocycles. The Morgan fingerprint density at radius 2 is 2.04 bits per heavy atom. The molecule has 7 heteroatoms. The third kappa shape index (κ3) is 5.89. The van der Waals surface area contributed by atoms with Crippen molar-refractivity contribution in [1.82, 2.24) is 15.5 Å². The largest absolute Gasteiger partial charge is 0.379 e. The second kappa shape index (κ2) is 9.76. The van der Waals surface area contributed by atoms with Crippen molar-refractivity contribution < 1.29 is 14.3 Å². The zero-order chi connectivity index (χ0) is 17.4. The summed E-state index contributed by atoms with van der Waals surface area (Å²) in [5.41, 5.74) is 0.646. The zero-order valence-electron chi connectivity index (χ0n) is 14.4. The Balaban J connectivity index is 1.68. The van der Waals surface area contributed by atoms with Gasteiger partial charge in [-0.05, 0) is 17.4 Å². The number of morpholine rings is 1. The van der Waals surface area contributed by atoms with E-state index in [4.69, 9.17) is 4.74 Å². The smallest absolute Gasteiger partial charge is 0.252 e. The van der Waals surface area contributed by atoms with Crippen LogP contribution in [0.2, 0.25) is 0 Å². The Labute approximate surface area is 147 Å². The van der Waals surface area contributed by atoms with Gasteiger partial charge in [0.25, 0.3) is 5.91 Å². The monoisotopic (exact) mass is 353 g/mol. The van der Waals surface area contributed by atoms with Crippen LogP contribution in [0.3, 0.4) is 0 Å². The van der Waals surface area contributed by atoms with Crippen molar-refractivity contribution in [3.8, 4) is 0 Å². The van der Waals surface area contributed by atoms with Crippen LogP contribution in [0, 0.1) is 5.92 Å². The van der Waals surface area contributed by atoms with E-state index >= 15 is 0 Å². The number of amides is 2. The molecule has 1 aliphatic heterocycles. The van der Waals surface area contributed by atoms with E-state index in [-0.39, 0.29) is 11.8 Å². The van der Waals surface area contributed by atoms with Gasteiger partial charge in [0.2, 0.25) is 5.91 Å². The van der Waals surface area contributed by atoms with E-state index in [0.717, 1.165) is 26.3 Å². The van der Waals surface area contributed by atoms with E-state index in [0.29, 0.717) is 37.0 Å². The lowest BCUT2D eigenvalue weighted by atomic mass is 10.0. The fourth-order valence-corrected chi connectivity index (χ4v) is 3.42. The lowest BCUT2D eigenvalue weighted by Crippen LogP contribution is -2.51. The molecular weight excluding hydrogens is 326 g/mol. The molecule has 1 unspecified atom stereocenters. The summed E-state index contributed by atoms with van der Waals surface area (Å²) in [7, 11) is 0. The molecule has 2 rings (SSSR count). The standard InChI is InChI=1S/C17H27N3O3S/c1-13(2)15(20-6-8-23-9-7-20)11-19-16(21)3-5-18-17(22)14-4-10-24-12-14/h4,10,12-13,15H,3,5-9,11H2,1-2H3,(H,18,22)(H,19,21). The molecule has 1 aromatic heterocycles.